The number of piperazine rings is 1. The number of hydrogen-bond acceptors (Lipinski definition) is 6. The topological polar surface area (TPSA) is 81.8 Å². The zero-order valence-electron chi connectivity index (χ0n) is 19.2. The van der Waals surface area contributed by atoms with Crippen molar-refractivity contribution in [1.29, 1.82) is 0 Å². The van der Waals surface area contributed by atoms with Crippen molar-refractivity contribution in [3.8, 4) is 0 Å². The first kappa shape index (κ1) is 24.4. The summed E-state index contributed by atoms with van der Waals surface area (Å²) in [7, 11) is -1.42. The summed E-state index contributed by atoms with van der Waals surface area (Å²) in [6.45, 7) is 5.75. The van der Waals surface area contributed by atoms with Crippen molar-refractivity contribution in [2.45, 2.75) is 23.7 Å². The van der Waals surface area contributed by atoms with Gasteiger partial charge in [0.15, 0.2) is 0 Å². The Labute approximate surface area is 205 Å². The van der Waals surface area contributed by atoms with E-state index in [1.165, 1.54) is 16.9 Å². The summed E-state index contributed by atoms with van der Waals surface area (Å²) in [5.41, 5.74) is 3.63. The Morgan fingerprint density at radius 1 is 0.941 bits per heavy atom. The molecule has 1 aliphatic rings. The molecular formula is C25H30N4O3S2. The average Bonchev–Trinajstić information content (AvgIpc) is 3.37. The summed E-state index contributed by atoms with van der Waals surface area (Å²) in [5, 5.41) is 4.71. The lowest BCUT2D eigenvalue weighted by Crippen LogP contribution is -2.43. The van der Waals surface area contributed by atoms with E-state index >= 15 is 0 Å². The van der Waals surface area contributed by atoms with Gasteiger partial charge in [-0.2, -0.15) is 0 Å². The fourth-order valence-electron chi connectivity index (χ4n) is 3.86. The summed E-state index contributed by atoms with van der Waals surface area (Å²) < 4.78 is 27.5. The second kappa shape index (κ2) is 11.1. The van der Waals surface area contributed by atoms with Gasteiger partial charge in [0.05, 0.1) is 6.42 Å². The molecule has 1 aliphatic heterocycles. The maximum atomic E-state index is 12.5. The molecule has 180 valence electrons. The number of carbonyl (C=O) groups excluding carboxylic acids is 1. The number of likely N-dealkylation sites (N-methyl/N-ethyl adjacent to an activating group) is 1. The number of rotatable bonds is 9. The number of benzene rings is 2. The lowest BCUT2D eigenvalue weighted by atomic mass is 10.1. The van der Waals surface area contributed by atoms with Gasteiger partial charge >= 0.3 is 0 Å². The van der Waals surface area contributed by atoms with Crippen LogP contribution in [0.25, 0.3) is 0 Å². The van der Waals surface area contributed by atoms with Crippen LogP contribution in [0.2, 0.25) is 0 Å². The number of nitrogens with one attached hydrogen (secondary N) is 2. The first-order chi connectivity index (χ1) is 16.4. The van der Waals surface area contributed by atoms with E-state index in [-0.39, 0.29) is 16.5 Å². The molecule has 0 aliphatic carbocycles. The molecular weight excluding hydrogens is 468 g/mol. The molecule has 3 aromatic rings. The van der Waals surface area contributed by atoms with Gasteiger partial charge in [-0.25, -0.2) is 8.42 Å². The Hall–Kier alpha value is -2.72. The first-order valence-electron chi connectivity index (χ1n) is 11.3. The van der Waals surface area contributed by atoms with Gasteiger partial charge in [0, 0.05) is 45.0 Å². The van der Waals surface area contributed by atoms with Gasteiger partial charge in [0.2, 0.25) is 5.91 Å². The zero-order valence-corrected chi connectivity index (χ0v) is 20.9. The van der Waals surface area contributed by atoms with Crippen LogP contribution in [-0.4, -0.2) is 57.4 Å². The SMILES string of the molecule is CN1CCN(Cc2cccc(CNC(=O)Cc3ccc(NS(=O)(=O)c4cccs4)cc3)c2)CC1. The van der Waals surface area contributed by atoms with Crippen LogP contribution in [0.15, 0.2) is 70.3 Å². The Balaban J connectivity index is 1.25. The molecule has 2 heterocycles. The third-order valence-corrected chi connectivity index (χ3v) is 8.59. The normalized spacial score (nSPS) is 15.2. The van der Waals surface area contributed by atoms with Crippen LogP contribution in [0.1, 0.15) is 16.7 Å². The summed E-state index contributed by atoms with van der Waals surface area (Å²) in [4.78, 5) is 17.3. The Kier molecular flexibility index (Phi) is 7.99. The average molecular weight is 499 g/mol. The fraction of sp³-hybridized carbons (Fsp3) is 0.320. The predicted octanol–water partition coefficient (Wildman–Crippen LogP) is 3.16. The van der Waals surface area contributed by atoms with Crippen LogP contribution in [0.3, 0.4) is 0 Å². The molecule has 0 radical (unpaired) electrons. The quantitative estimate of drug-likeness (QED) is 0.474. The lowest BCUT2D eigenvalue weighted by Gasteiger charge is -2.32. The maximum absolute atomic E-state index is 12.5. The monoisotopic (exact) mass is 498 g/mol. The minimum absolute atomic E-state index is 0.0728. The van der Waals surface area contributed by atoms with Gasteiger partial charge in [-0.15, -0.1) is 11.3 Å². The van der Waals surface area contributed by atoms with Crippen LogP contribution in [0, 0.1) is 0 Å². The highest BCUT2D eigenvalue weighted by atomic mass is 32.2. The van der Waals surface area contributed by atoms with Crippen LogP contribution in [0.5, 0.6) is 0 Å². The summed E-state index contributed by atoms with van der Waals surface area (Å²) in [5.74, 6) is -0.0728. The number of thiophene rings is 1. The molecule has 7 nitrogen and oxygen atoms in total. The van der Waals surface area contributed by atoms with Crippen molar-refractivity contribution < 1.29 is 13.2 Å². The third kappa shape index (κ3) is 6.89. The Bertz CT molecular complexity index is 1190. The van der Waals surface area contributed by atoms with Gasteiger partial charge in [0.25, 0.3) is 10.0 Å². The van der Waals surface area contributed by atoms with Gasteiger partial charge in [-0.3, -0.25) is 14.4 Å². The number of nitrogens with zero attached hydrogens (tertiary/aromatic N) is 2. The summed E-state index contributed by atoms with van der Waals surface area (Å²) >= 11 is 1.17. The first-order valence-corrected chi connectivity index (χ1v) is 13.6. The number of carbonyl (C=O) groups is 1. The van der Waals surface area contributed by atoms with E-state index in [1.54, 1.807) is 41.8 Å². The molecule has 0 atom stereocenters. The second-order valence-electron chi connectivity index (χ2n) is 8.59. The molecule has 4 rings (SSSR count). The summed E-state index contributed by atoms with van der Waals surface area (Å²) in [6.07, 6.45) is 0.235. The predicted molar refractivity (Wildman–Crippen MR) is 136 cm³/mol. The lowest BCUT2D eigenvalue weighted by molar-refractivity contribution is -0.120. The van der Waals surface area contributed by atoms with Crippen LogP contribution < -0.4 is 10.0 Å². The van der Waals surface area contributed by atoms with Crippen molar-refractivity contribution in [2.24, 2.45) is 0 Å². The number of anilines is 1. The largest absolute Gasteiger partial charge is 0.352 e. The molecule has 0 bridgehead atoms. The van der Waals surface area contributed by atoms with Gasteiger partial charge in [-0.1, -0.05) is 42.5 Å². The minimum Gasteiger partial charge on any atom is -0.352 e. The fourth-order valence-corrected chi connectivity index (χ4v) is 5.91. The smallest absolute Gasteiger partial charge is 0.271 e. The maximum Gasteiger partial charge on any atom is 0.271 e. The summed E-state index contributed by atoms with van der Waals surface area (Å²) in [6, 6.07) is 18.5. The van der Waals surface area contributed by atoms with Gasteiger partial charge in [-0.05, 0) is 47.3 Å². The molecule has 1 saturated heterocycles. The zero-order chi connectivity index (χ0) is 24.0. The number of hydrogen-bond donors (Lipinski definition) is 2. The molecule has 0 spiro atoms. The van der Waals surface area contributed by atoms with Crippen molar-refractivity contribution in [1.82, 2.24) is 15.1 Å². The van der Waals surface area contributed by atoms with E-state index in [9.17, 15) is 13.2 Å². The molecule has 2 N–H and O–H groups in total. The van der Waals surface area contributed by atoms with Crippen LogP contribution >= 0.6 is 11.3 Å². The molecule has 2 aromatic carbocycles. The standard InChI is InChI=1S/C25H30N4O3S2/c1-28-11-13-29(14-12-28)19-22-5-2-4-21(16-22)18-26-24(30)17-20-7-9-23(10-8-20)27-34(31,32)25-6-3-15-33-25/h2-10,15-16,27H,11-14,17-19H2,1H3,(H,26,30). The van der Waals surface area contributed by atoms with Gasteiger partial charge < -0.3 is 10.2 Å². The van der Waals surface area contributed by atoms with Crippen molar-refractivity contribution in [2.75, 3.05) is 37.9 Å². The van der Waals surface area contributed by atoms with Crippen LogP contribution in [-0.2, 0) is 34.3 Å². The highest BCUT2D eigenvalue weighted by molar-refractivity contribution is 7.94. The Morgan fingerprint density at radius 3 is 2.38 bits per heavy atom. The third-order valence-electron chi connectivity index (χ3n) is 5.81. The van der Waals surface area contributed by atoms with Crippen molar-refractivity contribution in [3.05, 3.63) is 82.7 Å². The van der Waals surface area contributed by atoms with Crippen LogP contribution in [0.4, 0.5) is 5.69 Å². The second-order valence-corrected chi connectivity index (χ2v) is 11.4. The van der Waals surface area contributed by atoms with Crippen molar-refractivity contribution in [3.63, 3.8) is 0 Å². The number of amides is 1. The van der Waals surface area contributed by atoms with E-state index in [0.717, 1.165) is 43.9 Å². The molecule has 9 heteroatoms. The molecule has 0 unspecified atom stereocenters. The van der Waals surface area contributed by atoms with Gasteiger partial charge in [0.1, 0.15) is 4.21 Å². The van der Waals surface area contributed by atoms with E-state index in [0.29, 0.717) is 12.2 Å². The van der Waals surface area contributed by atoms with E-state index in [1.807, 2.05) is 12.1 Å². The Morgan fingerprint density at radius 2 is 1.68 bits per heavy atom. The molecule has 1 amide bonds. The van der Waals surface area contributed by atoms with E-state index < -0.39 is 10.0 Å². The molecule has 1 aromatic heterocycles. The molecule has 0 saturated carbocycles. The molecule has 34 heavy (non-hydrogen) atoms. The van der Waals surface area contributed by atoms with Crippen molar-refractivity contribution >= 4 is 33.0 Å². The van der Waals surface area contributed by atoms with E-state index in [2.05, 4.69) is 39.0 Å². The number of sulfonamides is 1. The van der Waals surface area contributed by atoms with E-state index in [4.69, 9.17) is 0 Å². The molecule has 1 fully saturated rings. The highest BCUT2D eigenvalue weighted by Crippen LogP contribution is 2.20. The highest BCUT2D eigenvalue weighted by Gasteiger charge is 2.16. The minimum atomic E-state index is -3.58.